The minimum Gasteiger partial charge on any atom is -0.356 e. The van der Waals surface area contributed by atoms with E-state index >= 15 is 0 Å². The van der Waals surface area contributed by atoms with Crippen molar-refractivity contribution >= 4 is 15.8 Å². The maximum absolute atomic E-state index is 13.3. The van der Waals surface area contributed by atoms with Crippen molar-refractivity contribution in [1.29, 1.82) is 0 Å². The predicted octanol–water partition coefficient (Wildman–Crippen LogP) is 2.29. The van der Waals surface area contributed by atoms with Crippen LogP contribution in [0.5, 0.6) is 0 Å². The zero-order valence-electron chi connectivity index (χ0n) is 15.1. The first kappa shape index (κ1) is 20.4. The molecule has 0 spiro atoms. The standard InChI is InChI=1S/C17H28FN3O2S/c1-17(2,9-10-24(5,22)23)13-20-16(19-3)21(4)12-14-7-6-8-15(18)11-14/h6-8,11H,9-10,12-13H2,1-5H3,(H,19,20). The summed E-state index contributed by atoms with van der Waals surface area (Å²) in [4.78, 5) is 6.14. The molecule has 0 atom stereocenters. The number of rotatable bonds is 7. The van der Waals surface area contributed by atoms with Crippen LogP contribution >= 0.6 is 0 Å². The zero-order valence-corrected chi connectivity index (χ0v) is 16.0. The van der Waals surface area contributed by atoms with E-state index in [2.05, 4.69) is 10.3 Å². The van der Waals surface area contributed by atoms with E-state index in [1.165, 1.54) is 18.4 Å². The largest absolute Gasteiger partial charge is 0.356 e. The fraction of sp³-hybridized carbons (Fsp3) is 0.588. The normalized spacial score (nSPS) is 13.0. The Bertz CT molecular complexity index is 672. The molecule has 24 heavy (non-hydrogen) atoms. The fourth-order valence-corrected chi connectivity index (χ4v) is 3.16. The van der Waals surface area contributed by atoms with Gasteiger partial charge in [-0.3, -0.25) is 4.99 Å². The van der Waals surface area contributed by atoms with E-state index in [4.69, 9.17) is 0 Å². The lowest BCUT2D eigenvalue weighted by molar-refractivity contribution is 0.340. The molecule has 0 aromatic heterocycles. The fourth-order valence-electron chi connectivity index (χ4n) is 2.24. The number of hydrogen-bond donors (Lipinski definition) is 1. The average Bonchev–Trinajstić information content (AvgIpc) is 2.45. The lowest BCUT2D eigenvalue weighted by Crippen LogP contribution is -2.43. The van der Waals surface area contributed by atoms with E-state index in [-0.39, 0.29) is 17.0 Å². The van der Waals surface area contributed by atoms with Crippen LogP contribution in [-0.4, -0.2) is 51.9 Å². The van der Waals surface area contributed by atoms with Crippen LogP contribution in [0.1, 0.15) is 25.8 Å². The number of aliphatic imine (C=N–C) groups is 1. The van der Waals surface area contributed by atoms with Gasteiger partial charge in [0.15, 0.2) is 5.96 Å². The number of hydrogen-bond acceptors (Lipinski definition) is 3. The monoisotopic (exact) mass is 357 g/mol. The first-order valence-electron chi connectivity index (χ1n) is 7.86. The Kier molecular flexibility index (Phi) is 7.20. The molecule has 0 aliphatic carbocycles. The van der Waals surface area contributed by atoms with Gasteiger partial charge in [0.05, 0.1) is 5.75 Å². The van der Waals surface area contributed by atoms with Gasteiger partial charge in [-0.2, -0.15) is 0 Å². The van der Waals surface area contributed by atoms with E-state index in [1.54, 1.807) is 13.1 Å². The van der Waals surface area contributed by atoms with Crippen molar-refractivity contribution in [3.63, 3.8) is 0 Å². The third-order valence-electron chi connectivity index (χ3n) is 3.76. The predicted molar refractivity (Wildman–Crippen MR) is 97.3 cm³/mol. The van der Waals surface area contributed by atoms with Crippen LogP contribution in [0.15, 0.2) is 29.3 Å². The van der Waals surface area contributed by atoms with Crippen LogP contribution in [0.4, 0.5) is 4.39 Å². The van der Waals surface area contributed by atoms with Gasteiger partial charge >= 0.3 is 0 Å². The number of halogens is 1. The number of nitrogens with zero attached hydrogens (tertiary/aromatic N) is 2. The lowest BCUT2D eigenvalue weighted by atomic mass is 9.90. The molecule has 1 aromatic rings. The molecule has 5 nitrogen and oxygen atoms in total. The third kappa shape index (κ3) is 7.77. The smallest absolute Gasteiger partial charge is 0.193 e. The summed E-state index contributed by atoms with van der Waals surface area (Å²) in [5.41, 5.74) is 0.676. The quantitative estimate of drug-likeness (QED) is 0.601. The summed E-state index contributed by atoms with van der Waals surface area (Å²) in [6, 6.07) is 6.46. The Balaban J connectivity index is 2.60. The third-order valence-corrected chi connectivity index (χ3v) is 4.70. The molecule has 0 aliphatic heterocycles. The molecule has 0 amide bonds. The van der Waals surface area contributed by atoms with Crippen LogP contribution in [0.3, 0.4) is 0 Å². The molecule has 0 saturated heterocycles. The maximum Gasteiger partial charge on any atom is 0.193 e. The van der Waals surface area contributed by atoms with Gasteiger partial charge in [-0.15, -0.1) is 0 Å². The summed E-state index contributed by atoms with van der Waals surface area (Å²) in [7, 11) is 0.601. The van der Waals surface area contributed by atoms with Crippen LogP contribution in [-0.2, 0) is 16.4 Å². The first-order chi connectivity index (χ1) is 11.0. The molecule has 0 radical (unpaired) electrons. The molecule has 1 N–H and O–H groups in total. The highest BCUT2D eigenvalue weighted by Crippen LogP contribution is 2.20. The van der Waals surface area contributed by atoms with Crippen molar-refractivity contribution in [2.24, 2.45) is 10.4 Å². The molecule has 1 rings (SSSR count). The van der Waals surface area contributed by atoms with E-state index in [0.29, 0.717) is 25.5 Å². The Morgan fingerprint density at radius 2 is 2.04 bits per heavy atom. The van der Waals surface area contributed by atoms with Crippen molar-refractivity contribution in [2.45, 2.75) is 26.8 Å². The van der Waals surface area contributed by atoms with Crippen LogP contribution in [0, 0.1) is 11.2 Å². The Morgan fingerprint density at radius 1 is 1.38 bits per heavy atom. The summed E-state index contributed by atoms with van der Waals surface area (Å²) >= 11 is 0. The van der Waals surface area contributed by atoms with Crippen molar-refractivity contribution in [1.82, 2.24) is 10.2 Å². The van der Waals surface area contributed by atoms with Gasteiger partial charge in [0.25, 0.3) is 0 Å². The van der Waals surface area contributed by atoms with Crippen molar-refractivity contribution in [3.05, 3.63) is 35.6 Å². The number of guanidine groups is 1. The van der Waals surface area contributed by atoms with Gasteiger partial charge < -0.3 is 10.2 Å². The molecular formula is C17H28FN3O2S. The highest BCUT2D eigenvalue weighted by Gasteiger charge is 2.21. The molecule has 0 bridgehead atoms. The second-order valence-corrected chi connectivity index (χ2v) is 9.19. The molecule has 0 heterocycles. The summed E-state index contributed by atoms with van der Waals surface area (Å²) in [6.45, 7) is 5.17. The lowest BCUT2D eigenvalue weighted by Gasteiger charge is -2.28. The van der Waals surface area contributed by atoms with Gasteiger partial charge in [-0.25, -0.2) is 12.8 Å². The van der Waals surface area contributed by atoms with E-state index in [9.17, 15) is 12.8 Å². The van der Waals surface area contributed by atoms with Crippen LogP contribution in [0.25, 0.3) is 0 Å². The summed E-state index contributed by atoms with van der Waals surface area (Å²) in [5, 5.41) is 3.27. The van der Waals surface area contributed by atoms with Crippen molar-refractivity contribution < 1.29 is 12.8 Å². The Hall–Kier alpha value is -1.63. The van der Waals surface area contributed by atoms with Crippen molar-refractivity contribution in [3.8, 4) is 0 Å². The highest BCUT2D eigenvalue weighted by atomic mass is 32.2. The van der Waals surface area contributed by atoms with Crippen molar-refractivity contribution in [2.75, 3.05) is 32.6 Å². The average molecular weight is 357 g/mol. The molecule has 0 fully saturated rings. The minimum atomic E-state index is -2.97. The molecule has 7 heteroatoms. The molecule has 136 valence electrons. The van der Waals surface area contributed by atoms with E-state index < -0.39 is 9.84 Å². The summed E-state index contributed by atoms with van der Waals surface area (Å²) < 4.78 is 35.9. The maximum atomic E-state index is 13.3. The van der Waals surface area contributed by atoms with Gasteiger partial charge in [-0.05, 0) is 29.5 Å². The summed E-state index contributed by atoms with van der Waals surface area (Å²) in [6.07, 6.45) is 1.83. The van der Waals surface area contributed by atoms with E-state index in [0.717, 1.165) is 5.56 Å². The molecular weight excluding hydrogens is 329 g/mol. The van der Waals surface area contributed by atoms with Gasteiger partial charge in [0, 0.05) is 33.4 Å². The topological polar surface area (TPSA) is 61.8 Å². The highest BCUT2D eigenvalue weighted by molar-refractivity contribution is 7.90. The molecule has 0 aliphatic rings. The van der Waals surface area contributed by atoms with Gasteiger partial charge in [0.1, 0.15) is 15.7 Å². The second kappa shape index (κ2) is 8.46. The molecule has 1 aromatic carbocycles. The SMILES string of the molecule is CN=C(NCC(C)(C)CCS(C)(=O)=O)N(C)Cc1cccc(F)c1. The number of benzene rings is 1. The van der Waals surface area contributed by atoms with E-state index in [1.807, 2.05) is 31.9 Å². The summed E-state index contributed by atoms with van der Waals surface area (Å²) in [5.74, 6) is 0.594. The Morgan fingerprint density at radius 3 is 2.58 bits per heavy atom. The first-order valence-corrected chi connectivity index (χ1v) is 9.92. The zero-order chi connectivity index (χ0) is 18.4. The Labute approximate surface area is 144 Å². The second-order valence-electron chi connectivity index (χ2n) is 6.93. The van der Waals surface area contributed by atoms with Gasteiger partial charge in [-0.1, -0.05) is 26.0 Å². The molecule has 0 unspecified atom stereocenters. The van der Waals surface area contributed by atoms with Gasteiger partial charge in [0.2, 0.25) is 0 Å². The number of nitrogens with one attached hydrogen (secondary N) is 1. The molecule has 0 saturated carbocycles. The van der Waals surface area contributed by atoms with Crippen LogP contribution in [0.2, 0.25) is 0 Å². The minimum absolute atomic E-state index is 0.166. The number of sulfone groups is 1. The van der Waals surface area contributed by atoms with Crippen LogP contribution < -0.4 is 5.32 Å².